The summed E-state index contributed by atoms with van der Waals surface area (Å²) in [7, 11) is 3.12. The molecule has 1 heterocycles. The van der Waals surface area contributed by atoms with Crippen molar-refractivity contribution < 1.29 is 18.7 Å². The van der Waals surface area contributed by atoms with E-state index in [1.54, 1.807) is 26.4 Å². The lowest BCUT2D eigenvalue weighted by molar-refractivity contribution is 0.0668. The number of amides is 1. The molecular weight excluding hydrogens is 345 g/mol. The van der Waals surface area contributed by atoms with E-state index >= 15 is 0 Å². The number of para-hydroxylation sites is 1. The van der Waals surface area contributed by atoms with Crippen molar-refractivity contribution in [3.8, 4) is 11.5 Å². The Balaban J connectivity index is 1.78. The van der Waals surface area contributed by atoms with Gasteiger partial charge in [0, 0.05) is 12.1 Å². The summed E-state index contributed by atoms with van der Waals surface area (Å²) >= 11 is 0. The number of likely N-dealkylation sites (tertiary alicyclic amines) is 1. The molecule has 1 aliphatic rings. The zero-order valence-corrected chi connectivity index (χ0v) is 16.1. The fourth-order valence-electron chi connectivity index (χ4n) is 3.90. The summed E-state index contributed by atoms with van der Waals surface area (Å²) in [5.74, 6) is 0.773. The molecule has 3 rings (SSSR count). The topological polar surface area (TPSA) is 38.8 Å². The van der Waals surface area contributed by atoms with Crippen molar-refractivity contribution in [2.45, 2.75) is 44.7 Å². The molecule has 0 spiro atoms. The average molecular weight is 371 g/mol. The van der Waals surface area contributed by atoms with E-state index in [9.17, 15) is 9.18 Å². The van der Waals surface area contributed by atoms with Crippen molar-refractivity contribution in [1.82, 2.24) is 4.90 Å². The number of hydrogen-bond donors (Lipinski definition) is 0. The number of aryl methyl sites for hydroxylation is 1. The largest absolute Gasteiger partial charge is 0.493 e. The Labute approximate surface area is 159 Å². The third-order valence-corrected chi connectivity index (χ3v) is 5.33. The number of benzene rings is 2. The van der Waals surface area contributed by atoms with Crippen molar-refractivity contribution >= 4 is 5.91 Å². The number of rotatable bonds is 6. The second kappa shape index (κ2) is 8.42. The van der Waals surface area contributed by atoms with Crippen LogP contribution in [0.25, 0.3) is 0 Å². The third kappa shape index (κ3) is 4.07. The van der Waals surface area contributed by atoms with Gasteiger partial charge < -0.3 is 14.4 Å². The van der Waals surface area contributed by atoms with E-state index in [-0.39, 0.29) is 23.8 Å². The SMILES string of the molecule is COc1cccc(C(=O)N2[C@@H](CCc3ccc(F)cc3)CC[C@H]2C)c1OC. The van der Waals surface area contributed by atoms with Crippen LogP contribution in [0, 0.1) is 5.82 Å². The first-order valence-corrected chi connectivity index (χ1v) is 9.33. The van der Waals surface area contributed by atoms with Crippen LogP contribution in [0.3, 0.4) is 0 Å². The van der Waals surface area contributed by atoms with Gasteiger partial charge in [0.2, 0.25) is 0 Å². The molecule has 4 nitrogen and oxygen atoms in total. The number of nitrogens with zero attached hydrogens (tertiary/aromatic N) is 1. The molecule has 0 N–H and O–H groups in total. The normalized spacial score (nSPS) is 19.2. The molecule has 0 saturated carbocycles. The first kappa shape index (κ1) is 19.2. The van der Waals surface area contributed by atoms with Gasteiger partial charge in [-0.1, -0.05) is 18.2 Å². The van der Waals surface area contributed by atoms with Gasteiger partial charge in [0.05, 0.1) is 19.8 Å². The van der Waals surface area contributed by atoms with Gasteiger partial charge in [0.1, 0.15) is 5.82 Å². The van der Waals surface area contributed by atoms with Crippen molar-refractivity contribution in [1.29, 1.82) is 0 Å². The summed E-state index contributed by atoms with van der Waals surface area (Å²) in [5, 5.41) is 0. The lowest BCUT2D eigenvalue weighted by Crippen LogP contribution is -2.40. The predicted octanol–water partition coefficient (Wildman–Crippen LogP) is 4.47. The second-order valence-electron chi connectivity index (χ2n) is 7.00. The number of carbonyl (C=O) groups excluding carboxylic acids is 1. The summed E-state index contributed by atoms with van der Waals surface area (Å²) in [5.41, 5.74) is 1.61. The molecule has 0 aromatic heterocycles. The van der Waals surface area contributed by atoms with Crippen LogP contribution in [0.5, 0.6) is 11.5 Å². The predicted molar refractivity (Wildman–Crippen MR) is 103 cm³/mol. The minimum atomic E-state index is -0.227. The van der Waals surface area contributed by atoms with Crippen LogP contribution in [-0.4, -0.2) is 37.1 Å². The molecule has 27 heavy (non-hydrogen) atoms. The minimum Gasteiger partial charge on any atom is -0.493 e. The summed E-state index contributed by atoms with van der Waals surface area (Å²) < 4.78 is 23.9. The number of ether oxygens (including phenoxy) is 2. The zero-order chi connectivity index (χ0) is 19.4. The summed E-state index contributed by atoms with van der Waals surface area (Å²) in [6, 6.07) is 12.3. The summed E-state index contributed by atoms with van der Waals surface area (Å²) in [6.45, 7) is 2.09. The van der Waals surface area contributed by atoms with Crippen LogP contribution >= 0.6 is 0 Å². The van der Waals surface area contributed by atoms with Crippen molar-refractivity contribution in [3.05, 3.63) is 59.4 Å². The lowest BCUT2D eigenvalue weighted by Gasteiger charge is -2.29. The van der Waals surface area contributed by atoms with Crippen LogP contribution in [0.1, 0.15) is 42.1 Å². The molecule has 0 aliphatic carbocycles. The van der Waals surface area contributed by atoms with E-state index in [4.69, 9.17) is 9.47 Å². The third-order valence-electron chi connectivity index (χ3n) is 5.33. The second-order valence-corrected chi connectivity index (χ2v) is 7.00. The van der Waals surface area contributed by atoms with E-state index < -0.39 is 0 Å². The van der Waals surface area contributed by atoms with E-state index in [0.29, 0.717) is 17.1 Å². The molecule has 2 atom stereocenters. The number of carbonyl (C=O) groups is 1. The van der Waals surface area contributed by atoms with E-state index in [0.717, 1.165) is 31.2 Å². The molecule has 2 aromatic carbocycles. The highest BCUT2D eigenvalue weighted by Crippen LogP contribution is 2.35. The highest BCUT2D eigenvalue weighted by molar-refractivity contribution is 5.98. The standard InChI is InChI=1S/C22H26FNO3/c1-15-7-13-18(14-10-16-8-11-17(23)12-9-16)24(15)22(25)19-5-4-6-20(26-2)21(19)27-3/h4-6,8-9,11-12,15,18H,7,10,13-14H2,1-3H3/t15-,18-/m1/s1. The Hall–Kier alpha value is -2.56. The number of halogens is 1. The molecule has 144 valence electrons. The first-order valence-electron chi connectivity index (χ1n) is 9.33. The van der Waals surface area contributed by atoms with Crippen molar-refractivity contribution in [3.63, 3.8) is 0 Å². The van der Waals surface area contributed by atoms with E-state index in [1.165, 1.54) is 12.1 Å². The molecule has 1 aliphatic heterocycles. The lowest BCUT2D eigenvalue weighted by atomic mass is 10.0. The van der Waals surface area contributed by atoms with Gasteiger partial charge >= 0.3 is 0 Å². The summed E-state index contributed by atoms with van der Waals surface area (Å²) in [4.78, 5) is 15.3. The van der Waals surface area contributed by atoms with Crippen molar-refractivity contribution in [2.24, 2.45) is 0 Å². The fraction of sp³-hybridized carbons (Fsp3) is 0.409. The molecule has 2 aromatic rings. The molecule has 1 amide bonds. The quantitative estimate of drug-likeness (QED) is 0.752. The van der Waals surface area contributed by atoms with Gasteiger partial charge in [-0.3, -0.25) is 4.79 Å². The Bertz CT molecular complexity index is 791. The van der Waals surface area contributed by atoms with Gasteiger partial charge in [0.15, 0.2) is 11.5 Å². The molecule has 1 saturated heterocycles. The zero-order valence-electron chi connectivity index (χ0n) is 16.1. The molecule has 5 heteroatoms. The van der Waals surface area contributed by atoms with E-state index in [2.05, 4.69) is 6.92 Å². The maximum Gasteiger partial charge on any atom is 0.258 e. The molecular formula is C22H26FNO3. The van der Waals surface area contributed by atoms with Gasteiger partial charge in [-0.05, 0) is 62.4 Å². The van der Waals surface area contributed by atoms with Gasteiger partial charge in [-0.15, -0.1) is 0 Å². The van der Waals surface area contributed by atoms with Crippen LogP contribution in [-0.2, 0) is 6.42 Å². The number of methoxy groups -OCH3 is 2. The molecule has 0 bridgehead atoms. The molecule has 1 fully saturated rings. The molecule has 0 radical (unpaired) electrons. The Morgan fingerprint density at radius 2 is 1.85 bits per heavy atom. The average Bonchev–Trinajstić information content (AvgIpc) is 3.06. The first-order chi connectivity index (χ1) is 13.0. The van der Waals surface area contributed by atoms with Crippen LogP contribution in [0.2, 0.25) is 0 Å². The van der Waals surface area contributed by atoms with Gasteiger partial charge in [0.25, 0.3) is 5.91 Å². The van der Waals surface area contributed by atoms with E-state index in [1.807, 2.05) is 23.1 Å². The van der Waals surface area contributed by atoms with Crippen LogP contribution < -0.4 is 9.47 Å². The number of hydrogen-bond acceptors (Lipinski definition) is 3. The highest BCUT2D eigenvalue weighted by atomic mass is 19.1. The monoisotopic (exact) mass is 371 g/mol. The molecule has 0 unspecified atom stereocenters. The van der Waals surface area contributed by atoms with Gasteiger partial charge in [-0.25, -0.2) is 4.39 Å². The Morgan fingerprint density at radius 3 is 2.52 bits per heavy atom. The fourth-order valence-corrected chi connectivity index (χ4v) is 3.90. The smallest absolute Gasteiger partial charge is 0.258 e. The van der Waals surface area contributed by atoms with Crippen LogP contribution in [0.4, 0.5) is 4.39 Å². The van der Waals surface area contributed by atoms with Gasteiger partial charge in [-0.2, -0.15) is 0 Å². The maximum atomic E-state index is 13.3. The highest BCUT2D eigenvalue weighted by Gasteiger charge is 2.35. The minimum absolute atomic E-state index is 0.0279. The Morgan fingerprint density at radius 1 is 1.11 bits per heavy atom. The van der Waals surface area contributed by atoms with Crippen LogP contribution in [0.15, 0.2) is 42.5 Å². The summed E-state index contributed by atoms with van der Waals surface area (Å²) in [6.07, 6.45) is 3.62. The maximum absolute atomic E-state index is 13.3. The van der Waals surface area contributed by atoms with Crippen molar-refractivity contribution in [2.75, 3.05) is 14.2 Å². The Kier molecular flexibility index (Phi) is 5.99.